The molecule has 0 amide bonds. The molecular formula is C56H74O20. The molecule has 0 unspecified atom stereocenters. The fourth-order valence-electron chi connectivity index (χ4n) is 7.11. The maximum absolute atomic E-state index is 12.7. The van der Waals surface area contributed by atoms with Gasteiger partial charge in [-0.1, -0.05) is 36.4 Å². The molecule has 0 saturated carbocycles. The van der Waals surface area contributed by atoms with E-state index < -0.39 is 11.9 Å². The summed E-state index contributed by atoms with van der Waals surface area (Å²) in [6.45, 7) is 8.46. The minimum atomic E-state index is -0.392. The van der Waals surface area contributed by atoms with Crippen molar-refractivity contribution in [2.24, 2.45) is 0 Å². The number of carbonyl (C=O) groups excluding carboxylic acids is 2. The molecule has 0 spiro atoms. The van der Waals surface area contributed by atoms with E-state index in [2.05, 4.69) is 0 Å². The Morgan fingerprint density at radius 1 is 0.289 bits per heavy atom. The summed E-state index contributed by atoms with van der Waals surface area (Å²) in [5.41, 5.74) is 1.42. The number of fused-ring (bicyclic) bond motifs is 4. The molecule has 0 N–H and O–H groups in total. The van der Waals surface area contributed by atoms with Crippen molar-refractivity contribution in [2.75, 3.05) is 159 Å². The quantitative estimate of drug-likeness (QED) is 0.128. The predicted octanol–water partition coefficient (Wildman–Crippen LogP) is 6.62. The van der Waals surface area contributed by atoms with Gasteiger partial charge in [0.05, 0.1) is 106 Å². The first kappa shape index (κ1) is 59.1. The Morgan fingerprint density at radius 2 is 0.513 bits per heavy atom. The minimum Gasteiger partial charge on any atom is -0.487 e. The summed E-state index contributed by atoms with van der Waals surface area (Å²) in [6, 6.07) is 25.6. The number of ether oxygens (including phenoxy) is 18. The van der Waals surface area contributed by atoms with Gasteiger partial charge in [-0.05, 0) is 72.5 Å². The van der Waals surface area contributed by atoms with Gasteiger partial charge in [0.2, 0.25) is 0 Å². The maximum Gasteiger partial charge on any atom is 0.306 e. The fourth-order valence-corrected chi connectivity index (χ4v) is 7.11. The molecule has 0 bridgehead atoms. The van der Waals surface area contributed by atoms with E-state index in [1.165, 1.54) is 0 Å². The van der Waals surface area contributed by atoms with Crippen LogP contribution < -0.4 is 37.9 Å². The van der Waals surface area contributed by atoms with E-state index in [9.17, 15) is 9.59 Å². The van der Waals surface area contributed by atoms with E-state index in [-0.39, 0.29) is 52.5 Å². The van der Waals surface area contributed by atoms with Gasteiger partial charge in [-0.2, -0.15) is 0 Å². The third-order valence-electron chi connectivity index (χ3n) is 10.9. The van der Waals surface area contributed by atoms with E-state index in [4.69, 9.17) is 85.3 Å². The summed E-state index contributed by atoms with van der Waals surface area (Å²) in [5, 5.41) is 0. The van der Waals surface area contributed by atoms with Gasteiger partial charge in [0.25, 0.3) is 0 Å². The summed E-state index contributed by atoms with van der Waals surface area (Å²) in [4.78, 5) is 25.5. The largest absolute Gasteiger partial charge is 0.487 e. The normalized spacial score (nSPS) is 17.3. The van der Waals surface area contributed by atoms with Crippen molar-refractivity contribution in [2.45, 2.75) is 38.9 Å². The van der Waals surface area contributed by atoms with Gasteiger partial charge < -0.3 is 85.3 Å². The van der Waals surface area contributed by atoms with Gasteiger partial charge in [-0.15, -0.1) is 0 Å². The Balaban J connectivity index is 0.872. The van der Waals surface area contributed by atoms with Crippen LogP contribution in [0.5, 0.6) is 46.0 Å². The van der Waals surface area contributed by atoms with Gasteiger partial charge in [-0.3, -0.25) is 9.59 Å². The van der Waals surface area contributed by atoms with Crippen LogP contribution in [0.4, 0.5) is 0 Å². The average molecular weight is 1070 g/mol. The van der Waals surface area contributed by atoms with Crippen molar-refractivity contribution in [1.82, 2.24) is 0 Å². The maximum atomic E-state index is 12.7. The monoisotopic (exact) mass is 1070 g/mol. The fraction of sp³-hybridized carbons (Fsp3) is 0.536. The van der Waals surface area contributed by atoms with Gasteiger partial charge in [-0.25, -0.2) is 0 Å². The first-order valence-corrected chi connectivity index (χ1v) is 26.0. The van der Waals surface area contributed by atoms with Gasteiger partial charge >= 0.3 is 11.9 Å². The smallest absolute Gasteiger partial charge is 0.306 e. The Morgan fingerprint density at radius 3 is 0.776 bits per heavy atom. The summed E-state index contributed by atoms with van der Waals surface area (Å²) in [7, 11) is 0. The number of unbranched alkanes of at least 4 members (excludes halogenated alkanes) is 1. The van der Waals surface area contributed by atoms with E-state index in [1.54, 1.807) is 24.3 Å². The number of hydrogen-bond acceptors (Lipinski definition) is 20. The molecular weight excluding hydrogens is 993 g/mol. The average Bonchev–Trinajstić information content (AvgIpc) is 3.43. The van der Waals surface area contributed by atoms with Gasteiger partial charge in [0.1, 0.15) is 66.1 Å². The highest BCUT2D eigenvalue weighted by Crippen LogP contribution is 2.31. The van der Waals surface area contributed by atoms with E-state index in [0.29, 0.717) is 202 Å². The lowest BCUT2D eigenvalue weighted by molar-refractivity contribution is -0.147. The van der Waals surface area contributed by atoms with Crippen LogP contribution in [0.3, 0.4) is 0 Å². The Kier molecular flexibility index (Phi) is 29.3. The van der Waals surface area contributed by atoms with E-state index in [1.807, 2.05) is 60.7 Å². The summed E-state index contributed by atoms with van der Waals surface area (Å²) < 4.78 is 104. The number of carbonyl (C=O) groups is 2. The third-order valence-corrected chi connectivity index (χ3v) is 10.9. The Bertz CT molecular complexity index is 2050. The molecule has 0 fully saturated rings. The number of benzene rings is 4. The first-order chi connectivity index (χ1) is 37.6. The van der Waals surface area contributed by atoms with Crippen molar-refractivity contribution in [1.29, 1.82) is 0 Å². The van der Waals surface area contributed by atoms with Crippen molar-refractivity contribution in [3.05, 3.63) is 96.1 Å². The second-order valence-electron chi connectivity index (χ2n) is 16.7. The molecule has 0 aliphatic carbocycles. The molecule has 6 rings (SSSR count). The van der Waals surface area contributed by atoms with Crippen LogP contribution in [0.25, 0.3) is 0 Å². The number of rotatable bonds is 9. The zero-order chi connectivity index (χ0) is 52.8. The topological polar surface area (TPSA) is 200 Å². The predicted molar refractivity (Wildman–Crippen MR) is 274 cm³/mol. The molecule has 20 heteroatoms. The SMILES string of the molecule is O=C(CCCCC(=O)OCc1ccc2c(c1)OCCOCCOCCOc1ccccc1OCCOCCOCCO2)OCc1ccc2c(c1)OCCOCCOCCOc1ccccc1OCCOCCOCCO2. The summed E-state index contributed by atoms with van der Waals surface area (Å²) in [5.74, 6) is 3.74. The van der Waals surface area contributed by atoms with Crippen LogP contribution in [-0.4, -0.2) is 171 Å². The molecule has 4 aromatic carbocycles. The lowest BCUT2D eigenvalue weighted by Crippen LogP contribution is -2.15. The second-order valence-corrected chi connectivity index (χ2v) is 16.7. The van der Waals surface area contributed by atoms with Crippen molar-refractivity contribution in [3.63, 3.8) is 0 Å². The highest BCUT2D eigenvalue weighted by molar-refractivity contribution is 5.70. The van der Waals surface area contributed by atoms with E-state index in [0.717, 1.165) is 0 Å². The van der Waals surface area contributed by atoms with Crippen LogP contribution in [0.1, 0.15) is 36.8 Å². The molecule has 4 aromatic rings. The molecule has 418 valence electrons. The molecule has 2 aliphatic heterocycles. The summed E-state index contributed by atoms with van der Waals surface area (Å²) >= 11 is 0. The zero-order valence-corrected chi connectivity index (χ0v) is 43.5. The highest BCUT2D eigenvalue weighted by Gasteiger charge is 2.14. The van der Waals surface area contributed by atoms with Crippen molar-refractivity contribution in [3.8, 4) is 46.0 Å². The van der Waals surface area contributed by atoms with Crippen LogP contribution in [0.15, 0.2) is 84.9 Å². The molecule has 76 heavy (non-hydrogen) atoms. The lowest BCUT2D eigenvalue weighted by Gasteiger charge is -2.15. The van der Waals surface area contributed by atoms with Crippen molar-refractivity contribution >= 4 is 11.9 Å². The van der Waals surface area contributed by atoms with Crippen LogP contribution >= 0.6 is 0 Å². The molecule has 2 aliphatic rings. The molecule has 0 atom stereocenters. The Labute approximate surface area is 445 Å². The molecule has 2 heterocycles. The number of para-hydroxylation sites is 4. The second kappa shape index (κ2) is 37.6. The van der Waals surface area contributed by atoms with E-state index >= 15 is 0 Å². The Hall–Kier alpha value is -6.10. The highest BCUT2D eigenvalue weighted by atomic mass is 16.6. The number of esters is 2. The van der Waals surface area contributed by atoms with Crippen LogP contribution in [0.2, 0.25) is 0 Å². The molecule has 0 radical (unpaired) electrons. The molecule has 0 saturated heterocycles. The van der Waals surface area contributed by atoms with Gasteiger partial charge in [0.15, 0.2) is 46.0 Å². The first-order valence-electron chi connectivity index (χ1n) is 26.0. The third kappa shape index (κ3) is 24.7. The lowest BCUT2D eigenvalue weighted by atomic mass is 10.2. The zero-order valence-electron chi connectivity index (χ0n) is 43.5. The van der Waals surface area contributed by atoms with Crippen molar-refractivity contribution < 1.29 is 94.9 Å². The molecule has 0 aromatic heterocycles. The van der Waals surface area contributed by atoms with Crippen LogP contribution in [-0.2, 0) is 70.2 Å². The standard InChI is InChI=1S/C56H74O20/c57-55(75-43-45-13-15-51-53(41-45)73-39-31-65-23-21-61-27-35-69-49-9-3-1-7-47(49)67-33-25-59-17-19-63-29-37-71-51)11-5-6-12-56(58)76-44-46-14-16-52-54(42-46)74-40-32-66-24-22-62-28-36-70-50-10-4-2-8-48(50)68-34-26-60-18-20-64-30-38-72-52/h1-4,7-10,13-16,41-42H,5-6,11-12,17-40,43-44H2. The minimum absolute atomic E-state index is 0.0265. The van der Waals surface area contributed by atoms with Gasteiger partial charge in [0, 0.05) is 12.8 Å². The molecule has 20 nitrogen and oxygen atoms in total. The summed E-state index contributed by atoms with van der Waals surface area (Å²) in [6.07, 6.45) is 1.16. The van der Waals surface area contributed by atoms with Crippen LogP contribution in [0, 0.1) is 0 Å². The number of hydrogen-bond donors (Lipinski definition) is 0.